The summed E-state index contributed by atoms with van der Waals surface area (Å²) < 4.78 is 0. The lowest BCUT2D eigenvalue weighted by molar-refractivity contribution is 0.843. The molecular formula is C7H12Cl. The Kier molecular flexibility index (Phi) is 5.19. The SMILES string of the molecule is CCC[C](C)C=CCl. The first-order valence-corrected chi connectivity index (χ1v) is 3.34. The van der Waals surface area contributed by atoms with Crippen LogP contribution in [0, 0.1) is 5.92 Å². The Bertz CT molecular complexity index is 66.8. The number of rotatable bonds is 3. The summed E-state index contributed by atoms with van der Waals surface area (Å²) in [5.74, 6) is 1.35. The zero-order valence-electron chi connectivity index (χ0n) is 5.45. The van der Waals surface area contributed by atoms with Gasteiger partial charge in [-0.15, -0.1) is 0 Å². The molecule has 0 aromatic heterocycles. The van der Waals surface area contributed by atoms with Crippen molar-refractivity contribution in [1.82, 2.24) is 0 Å². The summed E-state index contributed by atoms with van der Waals surface area (Å²) in [5.41, 5.74) is 1.56. The maximum Gasteiger partial charge on any atom is 0.000827 e. The lowest BCUT2D eigenvalue weighted by atomic mass is 10.1. The van der Waals surface area contributed by atoms with E-state index in [2.05, 4.69) is 13.8 Å². The standard InChI is InChI=1S/C7H12Cl/c1-3-4-7(2)5-6-8/h5-6H,3-4H2,1-2H3. The maximum atomic E-state index is 5.33. The average Bonchev–Trinajstić information content (AvgIpc) is 1.68. The van der Waals surface area contributed by atoms with E-state index in [4.69, 9.17) is 11.6 Å². The quantitative estimate of drug-likeness (QED) is 0.552. The van der Waals surface area contributed by atoms with E-state index in [1.807, 2.05) is 6.08 Å². The van der Waals surface area contributed by atoms with Gasteiger partial charge in [0.25, 0.3) is 0 Å². The van der Waals surface area contributed by atoms with Crippen molar-refractivity contribution in [1.29, 1.82) is 0 Å². The van der Waals surface area contributed by atoms with Gasteiger partial charge in [0.2, 0.25) is 0 Å². The number of allylic oxidation sites excluding steroid dienone is 1. The Morgan fingerprint density at radius 1 is 1.62 bits per heavy atom. The van der Waals surface area contributed by atoms with Crippen LogP contribution in [0.4, 0.5) is 0 Å². The molecule has 0 spiro atoms. The molecule has 0 atom stereocenters. The minimum Gasteiger partial charge on any atom is -0.0933 e. The van der Waals surface area contributed by atoms with E-state index in [-0.39, 0.29) is 0 Å². The Labute approximate surface area is 56.5 Å². The first kappa shape index (κ1) is 8.03. The number of hydrogen-bond acceptors (Lipinski definition) is 0. The van der Waals surface area contributed by atoms with E-state index in [9.17, 15) is 0 Å². The van der Waals surface area contributed by atoms with Crippen LogP contribution in [-0.4, -0.2) is 0 Å². The predicted octanol–water partition coefficient (Wildman–Crippen LogP) is 3.13. The molecule has 47 valence electrons. The van der Waals surface area contributed by atoms with Crippen LogP contribution < -0.4 is 0 Å². The summed E-state index contributed by atoms with van der Waals surface area (Å²) in [6.45, 7) is 4.24. The maximum absolute atomic E-state index is 5.33. The van der Waals surface area contributed by atoms with E-state index in [0.29, 0.717) is 0 Å². The zero-order valence-corrected chi connectivity index (χ0v) is 6.20. The van der Waals surface area contributed by atoms with Crippen LogP contribution in [0.15, 0.2) is 11.6 Å². The van der Waals surface area contributed by atoms with Gasteiger partial charge in [-0.3, -0.25) is 0 Å². The fourth-order valence-electron chi connectivity index (χ4n) is 0.585. The topological polar surface area (TPSA) is 0 Å². The van der Waals surface area contributed by atoms with Gasteiger partial charge >= 0.3 is 0 Å². The van der Waals surface area contributed by atoms with E-state index in [0.717, 1.165) is 6.42 Å². The highest BCUT2D eigenvalue weighted by atomic mass is 35.5. The molecule has 0 aromatic carbocycles. The van der Waals surface area contributed by atoms with Crippen molar-refractivity contribution < 1.29 is 0 Å². The summed E-state index contributed by atoms with van der Waals surface area (Å²) in [7, 11) is 0. The minimum atomic E-state index is 1.16. The molecule has 0 rings (SSSR count). The molecule has 0 N–H and O–H groups in total. The van der Waals surface area contributed by atoms with Gasteiger partial charge in [0.15, 0.2) is 0 Å². The van der Waals surface area contributed by atoms with Crippen LogP contribution in [-0.2, 0) is 0 Å². The lowest BCUT2D eigenvalue weighted by Gasteiger charge is -1.98. The fourth-order valence-corrected chi connectivity index (χ4v) is 0.800. The summed E-state index contributed by atoms with van der Waals surface area (Å²) in [6, 6.07) is 0. The molecule has 1 heteroatoms. The van der Waals surface area contributed by atoms with Crippen molar-refractivity contribution in [3.63, 3.8) is 0 Å². The van der Waals surface area contributed by atoms with Crippen molar-refractivity contribution in [2.45, 2.75) is 26.7 Å². The first-order chi connectivity index (χ1) is 3.81. The normalized spacial score (nSPS) is 11.5. The third-order valence-corrected chi connectivity index (χ3v) is 1.12. The second-order valence-corrected chi connectivity index (χ2v) is 2.14. The van der Waals surface area contributed by atoms with Crippen LogP contribution in [0.3, 0.4) is 0 Å². The smallest absolute Gasteiger partial charge is 0.000827 e. The number of halogens is 1. The molecule has 8 heavy (non-hydrogen) atoms. The van der Waals surface area contributed by atoms with Gasteiger partial charge in [0.05, 0.1) is 0 Å². The van der Waals surface area contributed by atoms with Gasteiger partial charge in [-0.2, -0.15) is 0 Å². The van der Waals surface area contributed by atoms with Gasteiger partial charge in [0.1, 0.15) is 0 Å². The molecule has 0 heterocycles. The lowest BCUT2D eigenvalue weighted by Crippen LogP contribution is -1.82. The molecule has 0 bridgehead atoms. The molecule has 0 aliphatic carbocycles. The molecule has 0 unspecified atom stereocenters. The average molecular weight is 132 g/mol. The first-order valence-electron chi connectivity index (χ1n) is 2.90. The van der Waals surface area contributed by atoms with Crippen molar-refractivity contribution in [3.8, 4) is 0 Å². The molecule has 0 saturated carbocycles. The van der Waals surface area contributed by atoms with Crippen LogP contribution in [0.2, 0.25) is 0 Å². The van der Waals surface area contributed by atoms with Crippen LogP contribution >= 0.6 is 11.6 Å². The minimum absolute atomic E-state index is 1.16. The van der Waals surface area contributed by atoms with Crippen molar-refractivity contribution in [2.75, 3.05) is 0 Å². The van der Waals surface area contributed by atoms with Gasteiger partial charge in [-0.1, -0.05) is 37.9 Å². The molecule has 0 aromatic rings. The largest absolute Gasteiger partial charge is 0.0933 e. The predicted molar refractivity (Wildman–Crippen MR) is 38.8 cm³/mol. The molecule has 0 aliphatic rings. The summed E-state index contributed by atoms with van der Waals surface area (Å²) in [5, 5.41) is 0. The van der Waals surface area contributed by atoms with E-state index in [1.54, 1.807) is 5.54 Å². The number of hydrogen-bond donors (Lipinski definition) is 0. The zero-order chi connectivity index (χ0) is 6.41. The summed E-state index contributed by atoms with van der Waals surface area (Å²) >= 11 is 5.33. The molecule has 0 aliphatic heterocycles. The van der Waals surface area contributed by atoms with Gasteiger partial charge < -0.3 is 0 Å². The highest BCUT2D eigenvalue weighted by Gasteiger charge is 1.91. The third-order valence-electron chi connectivity index (χ3n) is 0.992. The highest BCUT2D eigenvalue weighted by Crippen LogP contribution is 2.08. The Morgan fingerprint density at radius 3 is 2.62 bits per heavy atom. The molecule has 0 amide bonds. The molecular weight excluding hydrogens is 120 g/mol. The monoisotopic (exact) mass is 131 g/mol. The van der Waals surface area contributed by atoms with Gasteiger partial charge in [-0.05, 0) is 12.3 Å². The molecule has 1 radical (unpaired) electrons. The molecule has 0 nitrogen and oxygen atoms in total. The van der Waals surface area contributed by atoms with Gasteiger partial charge in [-0.25, -0.2) is 0 Å². The molecule has 0 saturated heterocycles. The third kappa shape index (κ3) is 4.20. The Hall–Kier alpha value is 0.0300. The van der Waals surface area contributed by atoms with Crippen molar-refractivity contribution in [3.05, 3.63) is 17.5 Å². The summed E-state index contributed by atoms with van der Waals surface area (Å²) in [6.07, 6.45) is 4.29. The van der Waals surface area contributed by atoms with Crippen LogP contribution in [0.1, 0.15) is 26.7 Å². The second-order valence-electron chi connectivity index (χ2n) is 1.89. The van der Waals surface area contributed by atoms with Crippen molar-refractivity contribution in [2.24, 2.45) is 0 Å². The molecule has 0 fully saturated rings. The Balaban J connectivity index is 3.17. The summed E-state index contributed by atoms with van der Waals surface area (Å²) in [4.78, 5) is 0. The van der Waals surface area contributed by atoms with E-state index in [1.165, 1.54) is 12.3 Å². The van der Waals surface area contributed by atoms with Crippen LogP contribution in [0.5, 0.6) is 0 Å². The Morgan fingerprint density at radius 2 is 2.25 bits per heavy atom. The van der Waals surface area contributed by atoms with E-state index >= 15 is 0 Å². The van der Waals surface area contributed by atoms with Crippen molar-refractivity contribution >= 4 is 11.6 Å². The van der Waals surface area contributed by atoms with Gasteiger partial charge in [0, 0.05) is 5.54 Å². The fraction of sp³-hybridized carbons (Fsp3) is 0.571. The highest BCUT2D eigenvalue weighted by molar-refractivity contribution is 6.25. The second kappa shape index (κ2) is 5.17. The van der Waals surface area contributed by atoms with E-state index < -0.39 is 0 Å². The van der Waals surface area contributed by atoms with Crippen LogP contribution in [0.25, 0.3) is 0 Å².